The molecule has 100 valence electrons. The van der Waals surface area contributed by atoms with Crippen molar-refractivity contribution in [3.63, 3.8) is 0 Å². The summed E-state index contributed by atoms with van der Waals surface area (Å²) in [4.78, 5) is 2.57. The van der Waals surface area contributed by atoms with Crippen molar-refractivity contribution in [1.29, 1.82) is 0 Å². The number of nitrogens with zero attached hydrogens (tertiary/aromatic N) is 1. The van der Waals surface area contributed by atoms with E-state index in [4.69, 9.17) is 5.73 Å². The maximum Gasteiger partial charge on any atom is 0.0327 e. The second-order valence-corrected chi connectivity index (χ2v) is 7.34. The number of hydrogen-bond acceptors (Lipinski definition) is 3. The molecule has 1 unspecified atom stereocenters. The molecule has 1 aromatic carbocycles. The Kier molecular flexibility index (Phi) is 5.63. The zero-order valence-electron chi connectivity index (χ0n) is 10.9. The lowest BCUT2D eigenvalue weighted by Crippen LogP contribution is -2.24. The van der Waals surface area contributed by atoms with Crippen molar-refractivity contribution in [3.05, 3.63) is 27.3 Å². The third-order valence-corrected chi connectivity index (χ3v) is 5.25. The first-order valence-electron chi connectivity index (χ1n) is 6.47. The number of hydrogen-bond donors (Lipinski definition) is 1. The Balaban J connectivity index is 1.96. The summed E-state index contributed by atoms with van der Waals surface area (Å²) in [6.07, 6.45) is 6.25. The van der Waals surface area contributed by atoms with Crippen molar-refractivity contribution in [2.24, 2.45) is 0 Å². The average Bonchev–Trinajstić information content (AvgIpc) is 2.53. The molecule has 0 aliphatic carbocycles. The Bertz CT molecular complexity index is 377. The van der Waals surface area contributed by atoms with E-state index in [0.717, 1.165) is 17.5 Å². The van der Waals surface area contributed by atoms with Gasteiger partial charge in [-0.05, 0) is 85.0 Å². The molecule has 0 radical (unpaired) electrons. The van der Waals surface area contributed by atoms with Crippen molar-refractivity contribution in [1.82, 2.24) is 4.90 Å². The maximum atomic E-state index is 5.91. The lowest BCUT2D eigenvalue weighted by molar-refractivity contribution is 0.277. The highest BCUT2D eigenvalue weighted by Crippen LogP contribution is 2.23. The number of halogens is 1. The van der Waals surface area contributed by atoms with Gasteiger partial charge in [0.1, 0.15) is 0 Å². The molecule has 0 saturated carbocycles. The van der Waals surface area contributed by atoms with Gasteiger partial charge in [0, 0.05) is 21.1 Å². The fourth-order valence-corrected chi connectivity index (χ4v) is 4.05. The van der Waals surface area contributed by atoms with E-state index in [1.807, 2.05) is 17.8 Å². The molecule has 1 heterocycles. The van der Waals surface area contributed by atoms with Gasteiger partial charge >= 0.3 is 0 Å². The van der Waals surface area contributed by atoms with Crippen LogP contribution in [0.1, 0.15) is 24.8 Å². The summed E-state index contributed by atoms with van der Waals surface area (Å²) in [5.74, 6) is 0. The maximum absolute atomic E-state index is 5.91. The molecule has 2 rings (SSSR count). The molecule has 0 aromatic heterocycles. The zero-order chi connectivity index (χ0) is 13.0. The predicted octanol–water partition coefficient (Wildman–Crippen LogP) is 3.59. The minimum Gasteiger partial charge on any atom is -0.399 e. The Morgan fingerprint density at radius 1 is 1.33 bits per heavy atom. The van der Waals surface area contributed by atoms with Crippen molar-refractivity contribution in [2.45, 2.75) is 31.1 Å². The van der Waals surface area contributed by atoms with Gasteiger partial charge < -0.3 is 5.73 Å². The second kappa shape index (κ2) is 7.01. The molecule has 2 N–H and O–H groups in total. The van der Waals surface area contributed by atoms with Crippen molar-refractivity contribution in [3.8, 4) is 0 Å². The molecular formula is C14H21IN2S. The molecule has 1 fully saturated rings. The van der Waals surface area contributed by atoms with Crippen LogP contribution in [0.2, 0.25) is 0 Å². The highest BCUT2D eigenvalue weighted by atomic mass is 127. The molecule has 0 amide bonds. The van der Waals surface area contributed by atoms with Crippen LogP contribution in [0.15, 0.2) is 18.2 Å². The summed E-state index contributed by atoms with van der Waals surface area (Å²) in [6, 6.07) is 6.38. The third kappa shape index (κ3) is 4.31. The molecule has 1 atom stereocenters. The van der Waals surface area contributed by atoms with Crippen molar-refractivity contribution >= 4 is 40.0 Å². The summed E-state index contributed by atoms with van der Waals surface area (Å²) in [7, 11) is 0. The van der Waals surface area contributed by atoms with E-state index in [1.54, 1.807) is 0 Å². The summed E-state index contributed by atoms with van der Waals surface area (Å²) in [6.45, 7) is 3.49. The van der Waals surface area contributed by atoms with Crippen LogP contribution in [0.4, 0.5) is 5.69 Å². The number of nitrogens with two attached hydrogens (primary N) is 1. The van der Waals surface area contributed by atoms with Gasteiger partial charge in [-0.25, -0.2) is 0 Å². The number of thioether (sulfide) groups is 1. The molecular weight excluding hydrogens is 355 g/mol. The van der Waals surface area contributed by atoms with E-state index < -0.39 is 0 Å². The Morgan fingerprint density at radius 3 is 2.89 bits per heavy atom. The molecule has 2 nitrogen and oxygen atoms in total. The molecule has 1 aliphatic heterocycles. The van der Waals surface area contributed by atoms with Gasteiger partial charge in [-0.3, -0.25) is 4.90 Å². The van der Waals surface area contributed by atoms with E-state index in [1.165, 1.54) is 41.5 Å². The first-order valence-corrected chi connectivity index (χ1v) is 8.84. The van der Waals surface area contributed by atoms with E-state index in [9.17, 15) is 0 Å². The van der Waals surface area contributed by atoms with E-state index >= 15 is 0 Å². The summed E-state index contributed by atoms with van der Waals surface area (Å²) >= 11 is 4.36. The van der Waals surface area contributed by atoms with Crippen molar-refractivity contribution in [2.75, 3.05) is 25.1 Å². The summed E-state index contributed by atoms with van der Waals surface area (Å²) in [5.41, 5.74) is 8.14. The summed E-state index contributed by atoms with van der Waals surface area (Å²) < 4.78 is 1.24. The van der Waals surface area contributed by atoms with Gasteiger partial charge in [0.2, 0.25) is 0 Å². The van der Waals surface area contributed by atoms with Crippen LogP contribution in [-0.4, -0.2) is 29.5 Å². The van der Waals surface area contributed by atoms with Gasteiger partial charge in [-0.15, -0.1) is 0 Å². The van der Waals surface area contributed by atoms with Crippen molar-refractivity contribution < 1.29 is 0 Å². The SMILES string of the molecule is CSC1CCCN(Cc2cc(N)cc(I)c2)CC1. The minimum absolute atomic E-state index is 0.857. The fourth-order valence-electron chi connectivity index (χ4n) is 2.54. The number of likely N-dealkylation sites (tertiary alicyclic amines) is 1. The second-order valence-electron chi connectivity index (χ2n) is 4.96. The number of anilines is 1. The molecule has 4 heteroatoms. The number of nitrogen functional groups attached to an aromatic ring is 1. The van der Waals surface area contributed by atoms with Gasteiger partial charge in [0.25, 0.3) is 0 Å². The van der Waals surface area contributed by atoms with Crippen LogP contribution in [0.3, 0.4) is 0 Å². The smallest absolute Gasteiger partial charge is 0.0327 e. The topological polar surface area (TPSA) is 29.3 Å². The normalized spacial score (nSPS) is 21.8. The van der Waals surface area contributed by atoms with Crippen LogP contribution in [0, 0.1) is 3.57 Å². The van der Waals surface area contributed by atoms with Crippen LogP contribution in [0.25, 0.3) is 0 Å². The van der Waals surface area contributed by atoms with E-state index in [-0.39, 0.29) is 0 Å². The van der Waals surface area contributed by atoms with Crippen LogP contribution < -0.4 is 5.73 Å². The summed E-state index contributed by atoms with van der Waals surface area (Å²) in [5, 5.41) is 0.857. The van der Waals surface area contributed by atoms with Gasteiger partial charge in [-0.2, -0.15) is 11.8 Å². The van der Waals surface area contributed by atoms with E-state index in [2.05, 4.69) is 45.9 Å². The fraction of sp³-hybridized carbons (Fsp3) is 0.571. The first kappa shape index (κ1) is 14.5. The largest absolute Gasteiger partial charge is 0.399 e. The van der Waals surface area contributed by atoms with Crippen LogP contribution in [-0.2, 0) is 6.54 Å². The highest BCUT2D eigenvalue weighted by Gasteiger charge is 2.16. The molecule has 18 heavy (non-hydrogen) atoms. The number of benzene rings is 1. The molecule has 0 spiro atoms. The monoisotopic (exact) mass is 376 g/mol. The predicted molar refractivity (Wildman–Crippen MR) is 90.0 cm³/mol. The van der Waals surface area contributed by atoms with E-state index in [0.29, 0.717) is 0 Å². The quantitative estimate of drug-likeness (QED) is 0.646. The van der Waals surface area contributed by atoms with Crippen LogP contribution in [0.5, 0.6) is 0 Å². The standard InChI is InChI=1S/C14H21IN2S/c1-18-14-3-2-5-17(6-4-14)10-11-7-12(15)9-13(16)8-11/h7-9,14H,2-6,10,16H2,1H3. The van der Waals surface area contributed by atoms with Crippen LogP contribution >= 0.6 is 34.4 Å². The molecule has 1 saturated heterocycles. The lowest BCUT2D eigenvalue weighted by Gasteiger charge is -2.20. The number of rotatable bonds is 3. The van der Waals surface area contributed by atoms with Gasteiger partial charge in [0.05, 0.1) is 0 Å². The molecule has 1 aliphatic rings. The Labute approximate surface area is 128 Å². The van der Waals surface area contributed by atoms with Gasteiger partial charge in [-0.1, -0.05) is 0 Å². The van der Waals surface area contributed by atoms with Gasteiger partial charge in [0.15, 0.2) is 0 Å². The Hall–Kier alpha value is 0.0600. The zero-order valence-corrected chi connectivity index (χ0v) is 13.8. The highest BCUT2D eigenvalue weighted by molar-refractivity contribution is 14.1. The third-order valence-electron chi connectivity index (χ3n) is 3.49. The molecule has 1 aromatic rings. The minimum atomic E-state index is 0.857. The Morgan fingerprint density at radius 2 is 2.17 bits per heavy atom. The lowest BCUT2D eigenvalue weighted by atomic mass is 10.2. The molecule has 0 bridgehead atoms. The average molecular weight is 376 g/mol. The first-order chi connectivity index (χ1) is 8.67.